The Balaban J connectivity index is 1.45. The molecule has 0 spiro atoms. The van der Waals surface area contributed by atoms with Gasteiger partial charge in [0, 0.05) is 36.5 Å². The number of aromatic nitrogens is 1. The van der Waals surface area contributed by atoms with Crippen LogP contribution >= 0.6 is 11.6 Å². The largest absolute Gasteiger partial charge is 0.416 e. The Hall–Kier alpha value is -3.26. The van der Waals surface area contributed by atoms with Gasteiger partial charge in [0.2, 0.25) is 11.8 Å². The van der Waals surface area contributed by atoms with Crippen LogP contribution in [0.1, 0.15) is 34.8 Å². The van der Waals surface area contributed by atoms with E-state index >= 15 is 0 Å². The first kappa shape index (κ1) is 22.9. The van der Waals surface area contributed by atoms with Crippen molar-refractivity contribution in [2.75, 3.05) is 6.54 Å². The fourth-order valence-electron chi connectivity index (χ4n) is 4.04. The molecule has 2 heterocycles. The van der Waals surface area contributed by atoms with E-state index in [4.69, 9.17) is 11.6 Å². The van der Waals surface area contributed by atoms with Crippen molar-refractivity contribution in [3.05, 3.63) is 94.3 Å². The van der Waals surface area contributed by atoms with E-state index in [1.807, 2.05) is 30.5 Å². The van der Waals surface area contributed by atoms with E-state index < -0.39 is 30.1 Å². The minimum Gasteiger partial charge on any atom is -0.352 e. The van der Waals surface area contributed by atoms with Gasteiger partial charge in [0.25, 0.3) is 0 Å². The Morgan fingerprint density at radius 2 is 1.82 bits per heavy atom. The van der Waals surface area contributed by atoms with Crippen LogP contribution in [0.3, 0.4) is 0 Å². The third-order valence-electron chi connectivity index (χ3n) is 5.58. The molecule has 0 saturated carbocycles. The second-order valence-electron chi connectivity index (χ2n) is 7.82. The van der Waals surface area contributed by atoms with Gasteiger partial charge in [0.15, 0.2) is 0 Å². The first-order valence-electron chi connectivity index (χ1n) is 10.3. The van der Waals surface area contributed by atoms with Crippen LogP contribution in [0.25, 0.3) is 0 Å². The Kier molecular flexibility index (Phi) is 6.47. The van der Waals surface area contributed by atoms with Crippen LogP contribution in [-0.2, 0) is 28.9 Å². The number of benzene rings is 2. The minimum atomic E-state index is -4.46. The topological polar surface area (TPSA) is 54.3 Å². The van der Waals surface area contributed by atoms with Gasteiger partial charge in [-0.2, -0.15) is 13.2 Å². The van der Waals surface area contributed by atoms with Crippen molar-refractivity contribution in [2.45, 2.75) is 31.7 Å². The average molecular weight is 476 g/mol. The van der Waals surface area contributed by atoms with E-state index in [0.29, 0.717) is 23.7 Å². The number of nitrogens with one attached hydrogen (secondary N) is 1. The number of amides is 2. The highest BCUT2D eigenvalue weighted by atomic mass is 35.5. The highest BCUT2D eigenvalue weighted by molar-refractivity contribution is 6.30. The third-order valence-corrected chi connectivity index (χ3v) is 5.81. The lowest BCUT2D eigenvalue weighted by atomic mass is 9.99. The number of hydrogen-bond acceptors (Lipinski definition) is 2. The summed E-state index contributed by atoms with van der Waals surface area (Å²) in [7, 11) is 0. The fourth-order valence-corrected chi connectivity index (χ4v) is 4.24. The van der Waals surface area contributed by atoms with Crippen molar-refractivity contribution < 1.29 is 22.8 Å². The Morgan fingerprint density at radius 1 is 1.03 bits per heavy atom. The number of carbonyl (C=O) groups excluding carboxylic acids is 2. The highest BCUT2D eigenvalue weighted by Gasteiger charge is 2.33. The summed E-state index contributed by atoms with van der Waals surface area (Å²) in [4.78, 5) is 27.2. The zero-order chi connectivity index (χ0) is 23.6. The van der Waals surface area contributed by atoms with E-state index in [1.165, 1.54) is 12.1 Å². The first-order valence-corrected chi connectivity index (χ1v) is 10.7. The lowest BCUT2D eigenvalue weighted by Crippen LogP contribution is -2.44. The predicted molar refractivity (Wildman–Crippen MR) is 117 cm³/mol. The van der Waals surface area contributed by atoms with Gasteiger partial charge in [0.05, 0.1) is 11.6 Å². The molecule has 1 aliphatic rings. The summed E-state index contributed by atoms with van der Waals surface area (Å²) in [6, 6.07) is 15.4. The molecule has 0 aliphatic carbocycles. The Bertz CT molecular complexity index is 1180. The summed E-state index contributed by atoms with van der Waals surface area (Å²) < 4.78 is 40.7. The molecule has 2 amide bonds. The average Bonchev–Trinajstić information content (AvgIpc) is 3.25. The van der Waals surface area contributed by atoms with Crippen LogP contribution in [0.5, 0.6) is 0 Å². The second-order valence-corrected chi connectivity index (χ2v) is 8.26. The number of rotatable bonds is 5. The summed E-state index contributed by atoms with van der Waals surface area (Å²) in [5.74, 6) is -0.919. The fraction of sp³-hybridized carbons (Fsp3) is 0.250. The van der Waals surface area contributed by atoms with Gasteiger partial charge >= 0.3 is 6.18 Å². The number of nitrogens with zero attached hydrogens (tertiary/aromatic N) is 2. The lowest BCUT2D eigenvalue weighted by molar-refractivity contribution is -0.138. The van der Waals surface area contributed by atoms with Crippen LogP contribution in [-0.4, -0.2) is 27.8 Å². The Labute approximate surface area is 193 Å². The van der Waals surface area contributed by atoms with Gasteiger partial charge in [0.1, 0.15) is 6.42 Å². The number of fused-ring (bicyclic) bond motifs is 1. The molecule has 1 aromatic heterocycles. The molecule has 1 N–H and O–H groups in total. The molecular weight excluding hydrogens is 455 g/mol. The molecule has 1 unspecified atom stereocenters. The molecule has 1 atom stereocenters. The molecule has 0 saturated heterocycles. The van der Waals surface area contributed by atoms with Gasteiger partial charge in [-0.1, -0.05) is 35.9 Å². The molecule has 0 bridgehead atoms. The molecule has 0 radical (unpaired) electrons. The van der Waals surface area contributed by atoms with E-state index in [1.54, 1.807) is 17.0 Å². The molecule has 0 fully saturated rings. The van der Waals surface area contributed by atoms with Crippen molar-refractivity contribution in [1.82, 2.24) is 14.8 Å². The molecule has 5 nitrogen and oxygen atoms in total. The van der Waals surface area contributed by atoms with Crippen molar-refractivity contribution in [3.63, 3.8) is 0 Å². The normalized spacial score (nSPS) is 15.8. The Morgan fingerprint density at radius 3 is 2.58 bits per heavy atom. The van der Waals surface area contributed by atoms with E-state index in [2.05, 4.69) is 9.88 Å². The highest BCUT2D eigenvalue weighted by Crippen LogP contribution is 2.34. The molecule has 2 aromatic carbocycles. The summed E-state index contributed by atoms with van der Waals surface area (Å²) in [5, 5.41) is 3.09. The lowest BCUT2D eigenvalue weighted by Gasteiger charge is -2.37. The maximum absolute atomic E-state index is 13.1. The predicted octanol–water partition coefficient (Wildman–Crippen LogP) is 4.80. The van der Waals surface area contributed by atoms with Gasteiger partial charge in [-0.05, 0) is 47.5 Å². The first-order chi connectivity index (χ1) is 15.7. The van der Waals surface area contributed by atoms with Crippen molar-refractivity contribution in [1.29, 1.82) is 0 Å². The smallest absolute Gasteiger partial charge is 0.352 e. The molecule has 1 aliphatic heterocycles. The standard InChI is InChI=1S/C24H21ClF3N3O2/c25-19-7-2-5-17(13-19)23-20-8-3-9-30(20)10-11-31(23)22(33)14-21(32)29-15-16-4-1-6-18(12-16)24(26,27)28/h1-9,12-13,23H,10-11,14-15H2,(H,29,32). The monoisotopic (exact) mass is 475 g/mol. The number of halogens is 4. The minimum absolute atomic E-state index is 0.101. The number of hydrogen-bond donors (Lipinski definition) is 1. The zero-order valence-electron chi connectivity index (χ0n) is 17.5. The SMILES string of the molecule is O=C(CC(=O)N1CCn2cccc2C1c1cccc(Cl)c1)NCc1cccc(C(F)(F)F)c1. The number of carbonyl (C=O) groups is 2. The van der Waals surface area contributed by atoms with Gasteiger partial charge in [-0.25, -0.2) is 0 Å². The summed E-state index contributed by atoms with van der Waals surface area (Å²) in [6.07, 6.45) is -2.93. The molecular formula is C24H21ClF3N3O2. The maximum atomic E-state index is 13.1. The van der Waals surface area contributed by atoms with E-state index in [9.17, 15) is 22.8 Å². The van der Waals surface area contributed by atoms with Gasteiger partial charge in [-0.15, -0.1) is 0 Å². The third kappa shape index (κ3) is 5.22. The van der Waals surface area contributed by atoms with E-state index in [0.717, 1.165) is 23.4 Å². The van der Waals surface area contributed by atoms with Gasteiger partial charge in [-0.3, -0.25) is 9.59 Å². The molecule has 3 aromatic rings. The second kappa shape index (κ2) is 9.31. The molecule has 4 rings (SSSR count). The van der Waals surface area contributed by atoms with Crippen LogP contribution in [0.2, 0.25) is 5.02 Å². The zero-order valence-corrected chi connectivity index (χ0v) is 18.2. The summed E-state index contributed by atoms with van der Waals surface area (Å²) >= 11 is 6.17. The summed E-state index contributed by atoms with van der Waals surface area (Å²) in [6.45, 7) is 0.909. The van der Waals surface area contributed by atoms with Crippen LogP contribution in [0.4, 0.5) is 13.2 Å². The van der Waals surface area contributed by atoms with Gasteiger partial charge < -0.3 is 14.8 Å². The van der Waals surface area contributed by atoms with Crippen molar-refractivity contribution in [3.8, 4) is 0 Å². The van der Waals surface area contributed by atoms with Crippen LogP contribution in [0, 0.1) is 0 Å². The molecule has 33 heavy (non-hydrogen) atoms. The quantitative estimate of drug-likeness (QED) is 0.539. The van der Waals surface area contributed by atoms with Crippen molar-refractivity contribution in [2.24, 2.45) is 0 Å². The maximum Gasteiger partial charge on any atom is 0.416 e. The number of alkyl halides is 3. The van der Waals surface area contributed by atoms with Crippen LogP contribution in [0.15, 0.2) is 66.9 Å². The molecule has 172 valence electrons. The van der Waals surface area contributed by atoms with E-state index in [-0.39, 0.29) is 12.5 Å². The van der Waals surface area contributed by atoms with Crippen molar-refractivity contribution >= 4 is 23.4 Å². The van der Waals surface area contributed by atoms with Crippen LogP contribution < -0.4 is 5.32 Å². The molecule has 9 heteroatoms. The summed E-state index contributed by atoms with van der Waals surface area (Å²) in [5.41, 5.74) is 1.27.